The van der Waals surface area contributed by atoms with E-state index in [1.165, 1.54) is 0 Å². The maximum Gasteiger partial charge on any atom is 0.185 e. The summed E-state index contributed by atoms with van der Waals surface area (Å²) in [6.07, 6.45) is 1.44. The van der Waals surface area contributed by atoms with E-state index in [-0.39, 0.29) is 5.78 Å². The third-order valence-electron chi connectivity index (χ3n) is 1.49. The van der Waals surface area contributed by atoms with Crippen molar-refractivity contribution < 1.29 is 9.53 Å². The molecule has 0 amide bonds. The second-order valence-corrected chi connectivity index (χ2v) is 2.16. The molecule has 0 saturated heterocycles. The molecular weight excluding hydrogens is 144 g/mol. The van der Waals surface area contributed by atoms with Gasteiger partial charge in [0.15, 0.2) is 11.5 Å². The van der Waals surface area contributed by atoms with Crippen molar-refractivity contribution in [3.8, 4) is 0 Å². The van der Waals surface area contributed by atoms with Crippen LogP contribution in [0.15, 0.2) is 11.5 Å². The Hall–Kier alpha value is -1.32. The molecule has 0 fully saturated rings. The van der Waals surface area contributed by atoms with Gasteiger partial charge in [-0.3, -0.25) is 4.79 Å². The third kappa shape index (κ3) is 1.39. The van der Waals surface area contributed by atoms with E-state index in [0.29, 0.717) is 24.5 Å². The summed E-state index contributed by atoms with van der Waals surface area (Å²) in [5.74, 6) is 0.348. The van der Waals surface area contributed by atoms with Crippen molar-refractivity contribution in [1.29, 1.82) is 5.41 Å². The minimum atomic E-state index is 0.0113. The number of nitrogens with one attached hydrogen (secondary N) is 2. The topological polar surface area (TPSA) is 62.2 Å². The van der Waals surface area contributed by atoms with E-state index in [1.54, 1.807) is 7.05 Å². The molecule has 1 rings (SSSR count). The zero-order valence-corrected chi connectivity index (χ0v) is 6.31. The molecule has 0 unspecified atom stereocenters. The number of ether oxygens (including phenoxy) is 1. The van der Waals surface area contributed by atoms with E-state index in [9.17, 15) is 4.79 Å². The van der Waals surface area contributed by atoms with Crippen LogP contribution in [-0.4, -0.2) is 25.7 Å². The van der Waals surface area contributed by atoms with Gasteiger partial charge in [-0.15, -0.1) is 0 Å². The van der Waals surface area contributed by atoms with Crippen molar-refractivity contribution in [3.05, 3.63) is 11.5 Å². The monoisotopic (exact) mass is 154 g/mol. The lowest BCUT2D eigenvalue weighted by molar-refractivity contribution is -0.117. The lowest BCUT2D eigenvalue weighted by Gasteiger charge is -2.16. The van der Waals surface area contributed by atoms with Gasteiger partial charge in [0.25, 0.3) is 0 Å². The highest BCUT2D eigenvalue weighted by molar-refractivity contribution is 6.00. The second kappa shape index (κ2) is 3.18. The van der Waals surface area contributed by atoms with Crippen LogP contribution in [0, 0.1) is 5.41 Å². The zero-order valence-electron chi connectivity index (χ0n) is 6.31. The Morgan fingerprint density at radius 1 is 1.73 bits per heavy atom. The maximum atomic E-state index is 11.1. The van der Waals surface area contributed by atoms with E-state index in [1.807, 2.05) is 0 Å². The van der Waals surface area contributed by atoms with Gasteiger partial charge in [0.1, 0.15) is 5.70 Å². The first-order chi connectivity index (χ1) is 5.29. The summed E-state index contributed by atoms with van der Waals surface area (Å²) in [5, 5.41) is 9.63. The van der Waals surface area contributed by atoms with Crippen molar-refractivity contribution in [2.24, 2.45) is 0 Å². The predicted octanol–water partition coefficient (Wildman–Crippen LogP) is 0.0564. The number of Topliss-reactive ketones (excluding diaryl/α,β-unsaturated/α-hetero) is 1. The fourth-order valence-electron chi connectivity index (χ4n) is 0.965. The summed E-state index contributed by atoms with van der Waals surface area (Å²) >= 11 is 0. The first kappa shape index (κ1) is 7.78. The quantitative estimate of drug-likeness (QED) is 0.553. The molecule has 1 heterocycles. The van der Waals surface area contributed by atoms with Crippen LogP contribution in [0.2, 0.25) is 0 Å². The first-order valence-corrected chi connectivity index (χ1v) is 3.38. The smallest absolute Gasteiger partial charge is 0.185 e. The molecule has 4 heteroatoms. The maximum absolute atomic E-state index is 11.1. The van der Waals surface area contributed by atoms with E-state index >= 15 is 0 Å². The van der Waals surface area contributed by atoms with Crippen molar-refractivity contribution in [2.75, 3.05) is 13.7 Å². The highest BCUT2D eigenvalue weighted by atomic mass is 16.5. The van der Waals surface area contributed by atoms with Crippen LogP contribution in [0.5, 0.6) is 0 Å². The summed E-state index contributed by atoms with van der Waals surface area (Å²) in [6.45, 7) is 0.384. The Bertz CT molecular complexity index is 220. The summed E-state index contributed by atoms with van der Waals surface area (Å²) in [7, 11) is 1.64. The molecule has 0 aromatic rings. The molecule has 0 aromatic heterocycles. The van der Waals surface area contributed by atoms with Crippen molar-refractivity contribution in [1.82, 2.24) is 5.32 Å². The van der Waals surface area contributed by atoms with Crippen molar-refractivity contribution in [2.45, 2.75) is 6.42 Å². The zero-order chi connectivity index (χ0) is 8.27. The molecule has 0 spiro atoms. The number of likely N-dealkylation sites (N-methyl/N-ethyl adjacent to an activating group) is 1. The Labute approximate surface area is 64.7 Å². The highest BCUT2D eigenvalue weighted by Crippen LogP contribution is 2.10. The molecule has 0 aromatic carbocycles. The van der Waals surface area contributed by atoms with Crippen LogP contribution in [0.3, 0.4) is 0 Å². The van der Waals surface area contributed by atoms with Crippen LogP contribution < -0.4 is 5.32 Å². The second-order valence-electron chi connectivity index (χ2n) is 2.16. The summed E-state index contributed by atoms with van der Waals surface area (Å²) < 4.78 is 5.05. The van der Waals surface area contributed by atoms with Gasteiger partial charge >= 0.3 is 0 Å². The SMILES string of the molecule is CNC1=C(C=N)OCCC1=O. The molecule has 0 bridgehead atoms. The molecule has 1 aliphatic rings. The fourth-order valence-corrected chi connectivity index (χ4v) is 0.965. The van der Waals surface area contributed by atoms with Crippen molar-refractivity contribution >= 4 is 12.0 Å². The fraction of sp³-hybridized carbons (Fsp3) is 0.429. The summed E-state index contributed by atoms with van der Waals surface area (Å²) in [6, 6.07) is 0. The highest BCUT2D eigenvalue weighted by Gasteiger charge is 2.18. The average molecular weight is 154 g/mol. The van der Waals surface area contributed by atoms with E-state index in [4.69, 9.17) is 10.1 Å². The van der Waals surface area contributed by atoms with Gasteiger partial charge in [0, 0.05) is 13.5 Å². The van der Waals surface area contributed by atoms with Gasteiger partial charge < -0.3 is 15.5 Å². The third-order valence-corrected chi connectivity index (χ3v) is 1.49. The number of carbonyl (C=O) groups is 1. The van der Waals surface area contributed by atoms with Crippen LogP contribution in [-0.2, 0) is 9.53 Å². The number of hydrogen-bond donors (Lipinski definition) is 2. The first-order valence-electron chi connectivity index (χ1n) is 3.38. The summed E-state index contributed by atoms with van der Waals surface area (Å²) in [4.78, 5) is 11.1. The van der Waals surface area contributed by atoms with E-state index in [2.05, 4.69) is 5.32 Å². The van der Waals surface area contributed by atoms with Gasteiger partial charge in [-0.25, -0.2) is 0 Å². The van der Waals surface area contributed by atoms with Crippen molar-refractivity contribution in [3.63, 3.8) is 0 Å². The molecule has 2 N–H and O–H groups in total. The van der Waals surface area contributed by atoms with Crippen LogP contribution >= 0.6 is 0 Å². The lowest BCUT2D eigenvalue weighted by Crippen LogP contribution is -2.25. The van der Waals surface area contributed by atoms with Crippen LogP contribution in [0.1, 0.15) is 6.42 Å². The Balaban J connectivity index is 2.94. The summed E-state index contributed by atoms with van der Waals surface area (Å²) in [5.41, 5.74) is 0.409. The molecule has 0 atom stereocenters. The van der Waals surface area contributed by atoms with Gasteiger partial charge in [-0.2, -0.15) is 0 Å². The van der Waals surface area contributed by atoms with Gasteiger partial charge in [-0.1, -0.05) is 0 Å². The normalized spacial score (nSPS) is 17.7. The minimum Gasteiger partial charge on any atom is -0.489 e. The number of hydrogen-bond acceptors (Lipinski definition) is 4. The van der Waals surface area contributed by atoms with Gasteiger partial charge in [0.05, 0.1) is 12.8 Å². The Kier molecular flexibility index (Phi) is 2.25. The molecule has 1 aliphatic heterocycles. The molecule has 4 nitrogen and oxygen atoms in total. The Morgan fingerprint density at radius 3 is 2.91 bits per heavy atom. The predicted molar refractivity (Wildman–Crippen MR) is 40.4 cm³/mol. The largest absolute Gasteiger partial charge is 0.489 e. The number of rotatable bonds is 2. The van der Waals surface area contributed by atoms with Gasteiger partial charge in [-0.05, 0) is 0 Å². The molecular formula is C7H10N2O2. The van der Waals surface area contributed by atoms with E-state index in [0.717, 1.165) is 6.21 Å². The van der Waals surface area contributed by atoms with E-state index < -0.39 is 0 Å². The number of carbonyl (C=O) groups excluding carboxylic acids is 1. The average Bonchev–Trinajstić information content (AvgIpc) is 2.04. The number of allylic oxidation sites excluding steroid dienone is 2. The minimum absolute atomic E-state index is 0.0113. The molecule has 11 heavy (non-hydrogen) atoms. The number of ketones is 1. The van der Waals surface area contributed by atoms with Crippen LogP contribution in [0.4, 0.5) is 0 Å². The molecule has 60 valence electrons. The molecule has 0 aliphatic carbocycles. The Morgan fingerprint density at radius 2 is 2.45 bits per heavy atom. The van der Waals surface area contributed by atoms with Gasteiger partial charge in [0.2, 0.25) is 0 Å². The lowest BCUT2D eigenvalue weighted by atomic mass is 10.1. The molecule has 0 radical (unpaired) electrons. The van der Waals surface area contributed by atoms with Crippen LogP contribution in [0.25, 0.3) is 0 Å². The standard InChI is InChI=1S/C7H10N2O2/c1-9-7-5(10)2-3-11-6(7)4-8/h4,8-9H,2-3H2,1H3. The molecule has 0 saturated carbocycles.